The third kappa shape index (κ3) is 3.48. The zero-order valence-corrected chi connectivity index (χ0v) is 16.8. The molecule has 5 heterocycles. The Kier molecular flexibility index (Phi) is 4.30. The minimum atomic E-state index is 0.302. The second kappa shape index (κ2) is 6.99. The van der Waals surface area contributed by atoms with Gasteiger partial charge in [-0.25, -0.2) is 15.0 Å². The molecule has 0 aliphatic carbocycles. The smallest absolute Gasteiger partial charge is 0.220 e. The molecular formula is C22H25N7. The normalized spacial score (nSPS) is 17.3. The van der Waals surface area contributed by atoms with E-state index in [1.807, 2.05) is 18.3 Å². The summed E-state index contributed by atoms with van der Waals surface area (Å²) in [4.78, 5) is 20.6. The highest BCUT2D eigenvalue weighted by Gasteiger charge is 2.30. The summed E-state index contributed by atoms with van der Waals surface area (Å²) in [6.45, 7) is 6.38. The molecule has 0 radical (unpaired) electrons. The zero-order valence-electron chi connectivity index (χ0n) is 16.8. The van der Waals surface area contributed by atoms with Crippen LogP contribution in [0.3, 0.4) is 0 Å². The van der Waals surface area contributed by atoms with Crippen LogP contribution in [-0.2, 0) is 6.42 Å². The van der Waals surface area contributed by atoms with Crippen LogP contribution in [0, 0.1) is 0 Å². The summed E-state index contributed by atoms with van der Waals surface area (Å²) in [5.74, 6) is 1.60. The van der Waals surface area contributed by atoms with Crippen LogP contribution in [0.15, 0.2) is 36.5 Å². The summed E-state index contributed by atoms with van der Waals surface area (Å²) in [6.07, 6.45) is 3.62. The van der Waals surface area contributed by atoms with Gasteiger partial charge in [-0.2, -0.15) is 0 Å². The second-order valence-corrected chi connectivity index (χ2v) is 8.15. The quantitative estimate of drug-likeness (QED) is 0.710. The lowest BCUT2D eigenvalue weighted by molar-refractivity contribution is 0.788. The Morgan fingerprint density at radius 2 is 2.03 bits per heavy atom. The molecule has 7 heteroatoms. The minimum Gasteiger partial charge on any atom is -0.368 e. The monoisotopic (exact) mass is 387 g/mol. The fourth-order valence-corrected chi connectivity index (χ4v) is 4.11. The maximum Gasteiger partial charge on any atom is 0.220 e. The van der Waals surface area contributed by atoms with Crippen molar-refractivity contribution >= 4 is 17.5 Å². The van der Waals surface area contributed by atoms with Crippen LogP contribution in [0.2, 0.25) is 0 Å². The van der Waals surface area contributed by atoms with Crippen molar-refractivity contribution < 1.29 is 0 Å². The van der Waals surface area contributed by atoms with Gasteiger partial charge in [0.25, 0.3) is 0 Å². The molecule has 1 saturated heterocycles. The van der Waals surface area contributed by atoms with Crippen LogP contribution in [0.5, 0.6) is 0 Å². The number of rotatable bonds is 4. The second-order valence-electron chi connectivity index (χ2n) is 8.15. The summed E-state index contributed by atoms with van der Waals surface area (Å²) in [5.41, 5.74) is 11.9. The molecule has 2 aliphatic rings. The van der Waals surface area contributed by atoms with E-state index < -0.39 is 0 Å². The molecule has 7 nitrogen and oxygen atoms in total. The Morgan fingerprint density at radius 1 is 1.14 bits per heavy atom. The van der Waals surface area contributed by atoms with Crippen molar-refractivity contribution in [2.24, 2.45) is 0 Å². The first kappa shape index (κ1) is 17.8. The lowest BCUT2D eigenvalue weighted by Crippen LogP contribution is -2.32. The molecule has 1 fully saturated rings. The minimum absolute atomic E-state index is 0.302. The number of nitrogen functional groups attached to an aromatic ring is 1. The molecule has 29 heavy (non-hydrogen) atoms. The fraction of sp³-hybridized carbons (Fsp3) is 0.364. The molecule has 3 aromatic rings. The van der Waals surface area contributed by atoms with Gasteiger partial charge >= 0.3 is 0 Å². The topological polar surface area (TPSA) is 92.9 Å². The van der Waals surface area contributed by atoms with E-state index in [1.54, 1.807) is 0 Å². The number of anilines is 3. The summed E-state index contributed by atoms with van der Waals surface area (Å²) in [6, 6.07) is 10.9. The Morgan fingerprint density at radius 3 is 2.90 bits per heavy atom. The number of aromatic nitrogens is 4. The molecule has 0 unspecified atom stereocenters. The van der Waals surface area contributed by atoms with Crippen LogP contribution < -0.4 is 16.0 Å². The van der Waals surface area contributed by atoms with Crippen LogP contribution in [0.1, 0.15) is 43.3 Å². The lowest BCUT2D eigenvalue weighted by atomic mass is 10.1. The van der Waals surface area contributed by atoms with Crippen LogP contribution in [-0.4, -0.2) is 39.1 Å². The van der Waals surface area contributed by atoms with E-state index in [0.29, 0.717) is 24.3 Å². The van der Waals surface area contributed by atoms with Gasteiger partial charge in [0.05, 0.1) is 17.1 Å². The zero-order chi connectivity index (χ0) is 20.0. The fourth-order valence-electron chi connectivity index (χ4n) is 4.11. The number of hydrogen-bond donors (Lipinski definition) is 2. The third-order valence-electron chi connectivity index (χ3n) is 5.63. The number of nitrogens with zero attached hydrogens (tertiary/aromatic N) is 5. The molecule has 0 saturated carbocycles. The van der Waals surface area contributed by atoms with Gasteiger partial charge in [0, 0.05) is 48.7 Å². The van der Waals surface area contributed by atoms with E-state index in [1.165, 1.54) is 12.1 Å². The van der Waals surface area contributed by atoms with E-state index in [9.17, 15) is 0 Å². The van der Waals surface area contributed by atoms with E-state index in [0.717, 1.165) is 47.2 Å². The van der Waals surface area contributed by atoms with E-state index >= 15 is 0 Å². The van der Waals surface area contributed by atoms with Crippen LogP contribution in [0.4, 0.5) is 17.5 Å². The first-order valence-electron chi connectivity index (χ1n) is 10.2. The van der Waals surface area contributed by atoms with Crippen molar-refractivity contribution in [2.45, 2.75) is 38.6 Å². The third-order valence-corrected chi connectivity index (χ3v) is 5.63. The Bertz CT molecular complexity index is 1060. The summed E-state index contributed by atoms with van der Waals surface area (Å²) in [5, 5.41) is 3.58. The Balaban J connectivity index is 1.43. The van der Waals surface area contributed by atoms with Crippen molar-refractivity contribution in [3.63, 3.8) is 0 Å². The number of fused-ring (bicyclic) bond motifs is 4. The van der Waals surface area contributed by atoms with E-state index in [2.05, 4.69) is 57.2 Å². The molecule has 3 N–H and O–H groups in total. The Labute approximate surface area is 170 Å². The first-order valence-corrected chi connectivity index (χ1v) is 10.2. The molecule has 1 atom stereocenters. The van der Waals surface area contributed by atoms with Crippen LogP contribution in [0.25, 0.3) is 11.3 Å². The van der Waals surface area contributed by atoms with Crippen LogP contribution >= 0.6 is 0 Å². The predicted octanol–water partition coefficient (Wildman–Crippen LogP) is 3.23. The van der Waals surface area contributed by atoms with E-state index in [4.69, 9.17) is 10.7 Å². The predicted molar refractivity (Wildman–Crippen MR) is 115 cm³/mol. The van der Waals surface area contributed by atoms with Gasteiger partial charge in [0.2, 0.25) is 5.95 Å². The average Bonchev–Trinajstić information content (AvgIpc) is 3.09. The lowest BCUT2D eigenvalue weighted by Gasteiger charge is -2.28. The van der Waals surface area contributed by atoms with Crippen molar-refractivity contribution in [1.82, 2.24) is 19.9 Å². The van der Waals surface area contributed by atoms with Gasteiger partial charge in [-0.3, -0.25) is 4.98 Å². The van der Waals surface area contributed by atoms with Crippen molar-refractivity contribution in [1.29, 1.82) is 0 Å². The van der Waals surface area contributed by atoms with Gasteiger partial charge in [0.1, 0.15) is 0 Å². The molecule has 0 aromatic carbocycles. The van der Waals surface area contributed by atoms with Crippen molar-refractivity contribution in [2.75, 3.05) is 29.0 Å². The maximum atomic E-state index is 5.90. The molecule has 2 aliphatic heterocycles. The van der Waals surface area contributed by atoms with Crippen molar-refractivity contribution in [3.8, 4) is 11.3 Å². The maximum absolute atomic E-state index is 5.90. The largest absolute Gasteiger partial charge is 0.368 e. The highest BCUT2D eigenvalue weighted by atomic mass is 15.3. The number of nitrogens with two attached hydrogens (primary N) is 1. The van der Waals surface area contributed by atoms with Gasteiger partial charge < -0.3 is 16.0 Å². The molecule has 5 rings (SSSR count). The number of pyridine rings is 2. The molecule has 2 bridgehead atoms. The Hall–Kier alpha value is -3.22. The number of nitrogens with one attached hydrogen (secondary N) is 1. The standard InChI is InChI=1S/C22H25N7/c1-13(2)19-11-17(26-22(23)28-19)10-16-9-14(5-7-24-16)18-3-4-20-21(27-18)25-15-6-8-29(20)12-15/h3-5,7,9,11,13,15H,6,8,10,12H2,1-2H3,(H,25,27)(H2,23,26,28)/t15-/m0/s1. The van der Waals surface area contributed by atoms with E-state index in [-0.39, 0.29) is 0 Å². The molecule has 0 amide bonds. The SMILES string of the molecule is CC(C)c1cc(Cc2cc(-c3ccc4c(n3)N[C@H]3CCN4C3)ccn2)nc(N)n1. The van der Waals surface area contributed by atoms with Crippen molar-refractivity contribution in [3.05, 3.63) is 53.6 Å². The number of hydrogen-bond acceptors (Lipinski definition) is 7. The summed E-state index contributed by atoms with van der Waals surface area (Å²) < 4.78 is 0. The molecule has 148 valence electrons. The highest BCUT2D eigenvalue weighted by molar-refractivity contribution is 5.74. The molecular weight excluding hydrogens is 362 g/mol. The highest BCUT2D eigenvalue weighted by Crippen LogP contribution is 2.35. The average molecular weight is 387 g/mol. The van der Waals surface area contributed by atoms with Gasteiger partial charge in [-0.1, -0.05) is 13.8 Å². The molecule has 0 spiro atoms. The van der Waals surface area contributed by atoms with Gasteiger partial charge in [-0.05, 0) is 42.7 Å². The van der Waals surface area contributed by atoms with Gasteiger partial charge in [-0.15, -0.1) is 0 Å². The first-order chi connectivity index (χ1) is 14.0. The summed E-state index contributed by atoms with van der Waals surface area (Å²) in [7, 11) is 0. The van der Waals surface area contributed by atoms with Gasteiger partial charge in [0.15, 0.2) is 5.82 Å². The summed E-state index contributed by atoms with van der Waals surface area (Å²) >= 11 is 0. The molecule has 3 aromatic heterocycles.